The van der Waals surface area contributed by atoms with Crippen molar-refractivity contribution in [2.45, 2.75) is 20.0 Å². The molecule has 0 amide bonds. The van der Waals surface area contributed by atoms with E-state index in [1.807, 2.05) is 43.3 Å². The molecule has 1 aromatic heterocycles. The lowest BCUT2D eigenvalue weighted by Crippen LogP contribution is -2.09. The van der Waals surface area contributed by atoms with Gasteiger partial charge in [0.15, 0.2) is 0 Å². The van der Waals surface area contributed by atoms with E-state index in [4.69, 9.17) is 25.8 Å². The molecule has 7 heteroatoms. The minimum absolute atomic E-state index is 0.0207. The van der Waals surface area contributed by atoms with Crippen molar-refractivity contribution in [3.63, 3.8) is 0 Å². The van der Waals surface area contributed by atoms with Gasteiger partial charge < -0.3 is 19.3 Å². The summed E-state index contributed by atoms with van der Waals surface area (Å²) in [5.74, 6) is 1.48. The largest absolute Gasteiger partial charge is 0.493 e. The lowest BCUT2D eigenvalue weighted by atomic mass is 10.1. The van der Waals surface area contributed by atoms with Gasteiger partial charge in [-0.1, -0.05) is 36.7 Å². The average Bonchev–Trinajstić information content (AvgIpc) is 2.87. The lowest BCUT2D eigenvalue weighted by molar-refractivity contribution is 0.0693. The molecule has 178 valence electrons. The second kappa shape index (κ2) is 11.4. The molecule has 0 spiro atoms. The van der Waals surface area contributed by atoms with E-state index in [-0.39, 0.29) is 12.2 Å². The van der Waals surface area contributed by atoms with Crippen LogP contribution in [0.25, 0.3) is 11.3 Å². The number of halogens is 1. The first-order chi connectivity index (χ1) is 17.0. The summed E-state index contributed by atoms with van der Waals surface area (Å²) >= 11 is 6.15. The van der Waals surface area contributed by atoms with Crippen molar-refractivity contribution in [3.8, 4) is 34.3 Å². The van der Waals surface area contributed by atoms with Gasteiger partial charge in [-0.25, -0.2) is 9.78 Å². The Balaban J connectivity index is 1.54. The maximum atomic E-state index is 11.8. The molecule has 1 N–H and O–H groups in total. The molecule has 35 heavy (non-hydrogen) atoms. The van der Waals surface area contributed by atoms with Gasteiger partial charge in [-0.2, -0.15) is 0 Å². The van der Waals surface area contributed by atoms with E-state index in [9.17, 15) is 9.90 Å². The predicted octanol–water partition coefficient (Wildman–Crippen LogP) is 7.26. The fourth-order valence-electron chi connectivity index (χ4n) is 3.38. The van der Waals surface area contributed by atoms with Crippen LogP contribution < -0.4 is 14.2 Å². The van der Waals surface area contributed by atoms with E-state index >= 15 is 0 Å². The maximum Gasteiger partial charge on any atom is 0.337 e. The summed E-state index contributed by atoms with van der Waals surface area (Å²) < 4.78 is 17.5. The molecule has 0 aliphatic carbocycles. The molecule has 0 aliphatic heterocycles. The third-order valence-corrected chi connectivity index (χ3v) is 5.30. The van der Waals surface area contributed by atoms with E-state index in [1.54, 1.807) is 42.5 Å². The van der Waals surface area contributed by atoms with Crippen molar-refractivity contribution < 1.29 is 24.1 Å². The van der Waals surface area contributed by atoms with Crippen molar-refractivity contribution in [3.05, 3.63) is 101 Å². The van der Waals surface area contributed by atoms with Gasteiger partial charge in [0.05, 0.1) is 23.6 Å². The van der Waals surface area contributed by atoms with Gasteiger partial charge >= 0.3 is 5.97 Å². The fourth-order valence-corrected chi connectivity index (χ4v) is 3.54. The second-order valence-electron chi connectivity index (χ2n) is 7.66. The number of pyridine rings is 1. The third kappa shape index (κ3) is 6.31. The van der Waals surface area contributed by atoms with Gasteiger partial charge in [0.1, 0.15) is 29.6 Å². The Morgan fingerprint density at radius 1 is 0.886 bits per heavy atom. The van der Waals surface area contributed by atoms with Crippen LogP contribution in [0.5, 0.6) is 23.0 Å². The minimum Gasteiger partial charge on any atom is -0.493 e. The summed E-state index contributed by atoms with van der Waals surface area (Å²) in [4.78, 5) is 16.4. The van der Waals surface area contributed by atoms with E-state index < -0.39 is 5.97 Å². The Morgan fingerprint density at radius 3 is 2.31 bits per heavy atom. The zero-order valence-corrected chi connectivity index (χ0v) is 19.9. The van der Waals surface area contributed by atoms with Gasteiger partial charge in [-0.3, -0.25) is 0 Å². The number of carboxylic acids is 1. The molecule has 4 aromatic rings. The molecule has 6 nitrogen and oxygen atoms in total. The van der Waals surface area contributed by atoms with Gasteiger partial charge in [-0.15, -0.1) is 0 Å². The van der Waals surface area contributed by atoms with E-state index in [0.717, 1.165) is 17.7 Å². The number of para-hydroxylation sites is 1. The van der Waals surface area contributed by atoms with Crippen molar-refractivity contribution in [2.24, 2.45) is 0 Å². The minimum atomic E-state index is -1.08. The molecule has 0 atom stereocenters. The second-order valence-corrected chi connectivity index (χ2v) is 8.10. The molecule has 0 radical (unpaired) electrons. The van der Waals surface area contributed by atoms with Crippen molar-refractivity contribution >= 4 is 17.6 Å². The summed E-state index contributed by atoms with van der Waals surface area (Å²) in [5.41, 5.74) is 1.67. The summed E-state index contributed by atoms with van der Waals surface area (Å²) in [6.45, 7) is 2.52. The first-order valence-electron chi connectivity index (χ1n) is 11.1. The Bertz CT molecular complexity index is 1290. The van der Waals surface area contributed by atoms with Gasteiger partial charge in [0.25, 0.3) is 0 Å². The molecular weight excluding hydrogens is 466 g/mol. The highest BCUT2D eigenvalue weighted by molar-refractivity contribution is 6.30. The van der Waals surface area contributed by atoms with E-state index in [1.165, 1.54) is 6.07 Å². The molecule has 0 bridgehead atoms. The molecule has 3 aromatic carbocycles. The van der Waals surface area contributed by atoms with Crippen molar-refractivity contribution in [1.82, 2.24) is 4.98 Å². The first-order valence-corrected chi connectivity index (χ1v) is 11.5. The molecule has 0 saturated carbocycles. The highest BCUT2D eigenvalue weighted by atomic mass is 35.5. The number of aromatic nitrogens is 1. The smallest absolute Gasteiger partial charge is 0.337 e. The topological polar surface area (TPSA) is 77.9 Å². The Labute approximate surface area is 208 Å². The quantitative estimate of drug-likeness (QED) is 0.252. The standard InChI is InChI=1S/C28H24ClNO5/c1-2-16-33-27-17-19(29)8-13-23(27)25-15-14-24(28(31)32)26(30-25)18-34-20-9-11-22(12-10-20)35-21-6-4-3-5-7-21/h3-15,17H,2,16,18H2,1H3,(H,31,32). The van der Waals surface area contributed by atoms with Crippen LogP contribution in [0.4, 0.5) is 0 Å². The first kappa shape index (κ1) is 24.1. The molecule has 1 heterocycles. The number of carboxylic acid groups (broad SMARTS) is 1. The van der Waals surface area contributed by atoms with Crippen LogP contribution in [0.1, 0.15) is 29.4 Å². The van der Waals surface area contributed by atoms with Crippen LogP contribution in [0.2, 0.25) is 5.02 Å². The number of ether oxygens (including phenoxy) is 3. The number of hydrogen-bond donors (Lipinski definition) is 1. The number of nitrogens with zero attached hydrogens (tertiary/aromatic N) is 1. The van der Waals surface area contributed by atoms with Crippen LogP contribution in [0, 0.1) is 0 Å². The van der Waals surface area contributed by atoms with Gasteiger partial charge in [-0.05, 0) is 73.2 Å². The molecule has 0 unspecified atom stereocenters. The van der Waals surface area contributed by atoms with Crippen LogP contribution in [0.15, 0.2) is 84.9 Å². The van der Waals surface area contributed by atoms with Crippen LogP contribution in [-0.4, -0.2) is 22.7 Å². The maximum absolute atomic E-state index is 11.8. The number of aromatic carboxylic acids is 1. The lowest BCUT2D eigenvalue weighted by Gasteiger charge is -2.14. The molecule has 0 fully saturated rings. The van der Waals surface area contributed by atoms with E-state index in [2.05, 4.69) is 4.98 Å². The summed E-state index contributed by atoms with van der Waals surface area (Å²) in [7, 11) is 0. The Kier molecular flexibility index (Phi) is 7.85. The number of benzene rings is 3. The molecule has 4 rings (SSSR count). The van der Waals surface area contributed by atoms with Crippen molar-refractivity contribution in [1.29, 1.82) is 0 Å². The van der Waals surface area contributed by atoms with Crippen LogP contribution >= 0.6 is 11.6 Å². The molecule has 0 aliphatic rings. The zero-order valence-electron chi connectivity index (χ0n) is 19.1. The third-order valence-electron chi connectivity index (χ3n) is 5.06. The zero-order chi connectivity index (χ0) is 24.6. The normalized spacial score (nSPS) is 10.6. The van der Waals surface area contributed by atoms with Gasteiger partial charge in [0, 0.05) is 10.6 Å². The van der Waals surface area contributed by atoms with E-state index in [0.29, 0.717) is 40.3 Å². The Hall–Kier alpha value is -4.03. The number of hydrogen-bond acceptors (Lipinski definition) is 5. The summed E-state index contributed by atoms with van der Waals surface area (Å²) in [6.07, 6.45) is 0.839. The summed E-state index contributed by atoms with van der Waals surface area (Å²) in [6, 6.07) is 25.0. The van der Waals surface area contributed by atoms with Crippen LogP contribution in [-0.2, 0) is 6.61 Å². The molecule has 0 saturated heterocycles. The van der Waals surface area contributed by atoms with Crippen molar-refractivity contribution in [2.75, 3.05) is 6.61 Å². The van der Waals surface area contributed by atoms with Crippen LogP contribution in [0.3, 0.4) is 0 Å². The highest BCUT2D eigenvalue weighted by Crippen LogP contribution is 2.32. The number of carbonyl (C=O) groups is 1. The highest BCUT2D eigenvalue weighted by Gasteiger charge is 2.16. The Morgan fingerprint density at radius 2 is 1.60 bits per heavy atom. The molecular formula is C28H24ClNO5. The monoisotopic (exact) mass is 489 g/mol. The number of rotatable bonds is 10. The summed E-state index contributed by atoms with van der Waals surface area (Å²) in [5, 5.41) is 10.2. The van der Waals surface area contributed by atoms with Gasteiger partial charge in [0.2, 0.25) is 0 Å². The average molecular weight is 490 g/mol. The fraction of sp³-hybridized carbons (Fsp3) is 0.143. The predicted molar refractivity (Wildman–Crippen MR) is 135 cm³/mol. The SMILES string of the molecule is CCCOc1cc(Cl)ccc1-c1ccc(C(=O)O)c(COc2ccc(Oc3ccccc3)cc2)n1.